The van der Waals surface area contributed by atoms with E-state index in [1.807, 2.05) is 12.1 Å². The predicted octanol–water partition coefficient (Wildman–Crippen LogP) is 2.06. The standard InChI is InChI=1S/C16H26N2O2/c1-19-15-7-4-6-14(8-9-17)16(15)20-13-5-12-18-10-2-3-11-18/h4,6-7H,2-3,5,8-13,17H2,1H3. The molecule has 4 nitrogen and oxygen atoms in total. The number of hydrogen-bond acceptors (Lipinski definition) is 4. The van der Waals surface area contributed by atoms with Gasteiger partial charge in [-0.1, -0.05) is 12.1 Å². The monoisotopic (exact) mass is 278 g/mol. The summed E-state index contributed by atoms with van der Waals surface area (Å²) in [5, 5.41) is 0. The average Bonchev–Trinajstić information content (AvgIpc) is 2.98. The average molecular weight is 278 g/mol. The molecule has 0 bridgehead atoms. The van der Waals surface area contributed by atoms with E-state index >= 15 is 0 Å². The molecule has 2 rings (SSSR count). The van der Waals surface area contributed by atoms with Crippen LogP contribution < -0.4 is 15.2 Å². The van der Waals surface area contributed by atoms with E-state index in [1.54, 1.807) is 7.11 Å². The minimum absolute atomic E-state index is 0.622. The third-order valence-electron chi connectivity index (χ3n) is 3.76. The van der Waals surface area contributed by atoms with E-state index in [2.05, 4.69) is 11.0 Å². The highest BCUT2D eigenvalue weighted by Crippen LogP contribution is 2.31. The minimum atomic E-state index is 0.622. The summed E-state index contributed by atoms with van der Waals surface area (Å²) in [5.74, 6) is 1.67. The molecule has 0 atom stereocenters. The SMILES string of the molecule is COc1cccc(CCN)c1OCCCN1CCCC1. The molecular weight excluding hydrogens is 252 g/mol. The summed E-state index contributed by atoms with van der Waals surface area (Å²) in [4.78, 5) is 2.51. The number of ether oxygens (including phenoxy) is 2. The third-order valence-corrected chi connectivity index (χ3v) is 3.76. The van der Waals surface area contributed by atoms with Crippen LogP contribution in [0.3, 0.4) is 0 Å². The first-order valence-corrected chi connectivity index (χ1v) is 7.56. The zero-order valence-corrected chi connectivity index (χ0v) is 12.4. The number of nitrogens with zero attached hydrogens (tertiary/aromatic N) is 1. The van der Waals surface area contributed by atoms with Crippen LogP contribution in [0.4, 0.5) is 0 Å². The Morgan fingerprint density at radius 2 is 2.05 bits per heavy atom. The van der Waals surface area contributed by atoms with Crippen molar-refractivity contribution >= 4 is 0 Å². The van der Waals surface area contributed by atoms with Crippen LogP contribution in [0, 0.1) is 0 Å². The van der Waals surface area contributed by atoms with E-state index in [-0.39, 0.29) is 0 Å². The Balaban J connectivity index is 1.86. The first-order valence-electron chi connectivity index (χ1n) is 7.56. The van der Waals surface area contributed by atoms with Crippen molar-refractivity contribution in [2.75, 3.05) is 39.9 Å². The van der Waals surface area contributed by atoms with Gasteiger partial charge >= 0.3 is 0 Å². The van der Waals surface area contributed by atoms with E-state index in [0.717, 1.165) is 43.1 Å². The largest absolute Gasteiger partial charge is 0.493 e. The van der Waals surface area contributed by atoms with Crippen molar-refractivity contribution in [2.24, 2.45) is 5.73 Å². The summed E-state index contributed by atoms with van der Waals surface area (Å²) in [6, 6.07) is 5.99. The van der Waals surface area contributed by atoms with Crippen molar-refractivity contribution < 1.29 is 9.47 Å². The van der Waals surface area contributed by atoms with E-state index < -0.39 is 0 Å². The van der Waals surface area contributed by atoms with Crippen LogP contribution in [0.2, 0.25) is 0 Å². The van der Waals surface area contributed by atoms with Crippen LogP contribution in [0.25, 0.3) is 0 Å². The fourth-order valence-corrected chi connectivity index (χ4v) is 2.71. The Morgan fingerprint density at radius 3 is 2.75 bits per heavy atom. The van der Waals surface area contributed by atoms with Gasteiger partial charge in [-0.3, -0.25) is 0 Å². The van der Waals surface area contributed by atoms with Crippen LogP contribution in [-0.2, 0) is 6.42 Å². The van der Waals surface area contributed by atoms with Crippen molar-refractivity contribution in [1.29, 1.82) is 0 Å². The molecule has 112 valence electrons. The van der Waals surface area contributed by atoms with Gasteiger partial charge in [0.25, 0.3) is 0 Å². The summed E-state index contributed by atoms with van der Waals surface area (Å²) in [6.07, 6.45) is 4.56. The fourth-order valence-electron chi connectivity index (χ4n) is 2.71. The van der Waals surface area contributed by atoms with E-state index in [4.69, 9.17) is 15.2 Å². The summed E-state index contributed by atoms with van der Waals surface area (Å²) in [6.45, 7) is 4.97. The maximum absolute atomic E-state index is 5.96. The highest BCUT2D eigenvalue weighted by atomic mass is 16.5. The molecule has 0 aromatic heterocycles. The number of benzene rings is 1. The fraction of sp³-hybridized carbons (Fsp3) is 0.625. The molecule has 4 heteroatoms. The quantitative estimate of drug-likeness (QED) is 0.740. The Hall–Kier alpha value is -1.26. The lowest BCUT2D eigenvalue weighted by Crippen LogP contribution is -2.22. The summed E-state index contributed by atoms with van der Waals surface area (Å²) < 4.78 is 11.4. The van der Waals surface area contributed by atoms with E-state index in [1.165, 1.54) is 25.9 Å². The zero-order valence-electron chi connectivity index (χ0n) is 12.4. The summed E-state index contributed by atoms with van der Waals surface area (Å²) in [7, 11) is 1.68. The van der Waals surface area contributed by atoms with Crippen molar-refractivity contribution in [2.45, 2.75) is 25.7 Å². The van der Waals surface area contributed by atoms with Crippen LogP contribution >= 0.6 is 0 Å². The molecule has 0 radical (unpaired) electrons. The van der Waals surface area contributed by atoms with Gasteiger partial charge in [-0.05, 0) is 56.9 Å². The molecule has 1 saturated heterocycles. The molecule has 20 heavy (non-hydrogen) atoms. The second-order valence-electron chi connectivity index (χ2n) is 5.24. The second-order valence-corrected chi connectivity index (χ2v) is 5.24. The second kappa shape index (κ2) is 8.12. The van der Waals surface area contributed by atoms with Crippen molar-refractivity contribution in [1.82, 2.24) is 4.90 Å². The van der Waals surface area contributed by atoms with E-state index in [0.29, 0.717) is 6.54 Å². The van der Waals surface area contributed by atoms with Gasteiger partial charge in [0.2, 0.25) is 0 Å². The van der Waals surface area contributed by atoms with Crippen molar-refractivity contribution in [3.05, 3.63) is 23.8 Å². The number of methoxy groups -OCH3 is 1. The Labute approximate surface area is 121 Å². The molecule has 0 saturated carbocycles. The molecule has 0 aliphatic carbocycles. The van der Waals surface area contributed by atoms with Gasteiger partial charge in [-0.2, -0.15) is 0 Å². The first kappa shape index (κ1) is 15.1. The molecule has 0 unspecified atom stereocenters. The number of nitrogens with two attached hydrogens (primary N) is 1. The lowest BCUT2D eigenvalue weighted by molar-refractivity contribution is 0.252. The van der Waals surface area contributed by atoms with Gasteiger partial charge in [0.05, 0.1) is 13.7 Å². The van der Waals surface area contributed by atoms with Crippen LogP contribution in [-0.4, -0.2) is 44.8 Å². The molecule has 1 aliphatic heterocycles. The molecular formula is C16H26N2O2. The Kier molecular flexibility index (Phi) is 6.15. The maximum Gasteiger partial charge on any atom is 0.164 e. The minimum Gasteiger partial charge on any atom is -0.493 e. The number of rotatable bonds is 8. The Morgan fingerprint density at radius 1 is 1.25 bits per heavy atom. The van der Waals surface area contributed by atoms with Gasteiger partial charge < -0.3 is 20.1 Å². The van der Waals surface area contributed by atoms with Crippen molar-refractivity contribution in [3.63, 3.8) is 0 Å². The van der Waals surface area contributed by atoms with Crippen LogP contribution in [0.15, 0.2) is 18.2 Å². The predicted molar refractivity (Wildman–Crippen MR) is 81.5 cm³/mol. The maximum atomic E-state index is 5.96. The van der Waals surface area contributed by atoms with Gasteiger partial charge in [-0.15, -0.1) is 0 Å². The number of hydrogen-bond donors (Lipinski definition) is 1. The van der Waals surface area contributed by atoms with Gasteiger partial charge in [0.1, 0.15) is 0 Å². The van der Waals surface area contributed by atoms with E-state index in [9.17, 15) is 0 Å². The lowest BCUT2D eigenvalue weighted by atomic mass is 10.1. The molecule has 1 aromatic carbocycles. The summed E-state index contributed by atoms with van der Waals surface area (Å²) >= 11 is 0. The number of para-hydroxylation sites is 1. The van der Waals surface area contributed by atoms with Crippen molar-refractivity contribution in [3.8, 4) is 11.5 Å². The Bertz CT molecular complexity index is 403. The molecule has 1 fully saturated rings. The smallest absolute Gasteiger partial charge is 0.164 e. The highest BCUT2D eigenvalue weighted by Gasteiger charge is 2.12. The normalized spacial score (nSPS) is 15.5. The van der Waals surface area contributed by atoms with Crippen LogP contribution in [0.5, 0.6) is 11.5 Å². The lowest BCUT2D eigenvalue weighted by Gasteiger charge is -2.17. The highest BCUT2D eigenvalue weighted by molar-refractivity contribution is 5.46. The molecule has 1 aliphatic rings. The van der Waals surface area contributed by atoms with Gasteiger partial charge in [0, 0.05) is 6.54 Å². The molecule has 1 heterocycles. The molecule has 0 amide bonds. The molecule has 0 spiro atoms. The zero-order chi connectivity index (χ0) is 14.2. The topological polar surface area (TPSA) is 47.7 Å². The molecule has 1 aromatic rings. The van der Waals surface area contributed by atoms with Gasteiger partial charge in [0.15, 0.2) is 11.5 Å². The van der Waals surface area contributed by atoms with Gasteiger partial charge in [-0.25, -0.2) is 0 Å². The van der Waals surface area contributed by atoms with Crippen LogP contribution in [0.1, 0.15) is 24.8 Å². The number of likely N-dealkylation sites (tertiary alicyclic amines) is 1. The molecule has 2 N–H and O–H groups in total. The summed E-state index contributed by atoms with van der Waals surface area (Å²) in [5.41, 5.74) is 6.79. The third kappa shape index (κ3) is 4.12. The first-order chi connectivity index (χ1) is 9.85.